The molecule has 53 heavy (non-hydrogen) atoms. The Balaban J connectivity index is 1.03. The fourth-order valence-electron chi connectivity index (χ4n) is 6.42. The number of fused-ring (bicyclic) bond motifs is 1. The number of halogens is 2. The number of piperazine rings is 1. The number of nitrogens with two attached hydrogens (primary N) is 1. The van der Waals surface area contributed by atoms with Crippen molar-refractivity contribution in [1.82, 2.24) is 24.7 Å². The molecule has 0 atom stereocenters. The van der Waals surface area contributed by atoms with E-state index in [1.54, 1.807) is 18.2 Å². The number of carbonyl (C=O) groups is 3. The topological polar surface area (TPSA) is 164 Å². The van der Waals surface area contributed by atoms with E-state index in [-0.39, 0.29) is 29.9 Å². The van der Waals surface area contributed by atoms with Gasteiger partial charge in [-0.05, 0) is 62.7 Å². The van der Waals surface area contributed by atoms with Crippen LogP contribution in [0.5, 0.6) is 5.75 Å². The summed E-state index contributed by atoms with van der Waals surface area (Å²) in [6, 6.07) is 8.30. The number of piperidine rings is 1. The van der Waals surface area contributed by atoms with Crippen molar-refractivity contribution in [3.05, 3.63) is 60.2 Å². The van der Waals surface area contributed by atoms with Crippen LogP contribution in [0.3, 0.4) is 0 Å². The van der Waals surface area contributed by atoms with Gasteiger partial charge < -0.3 is 40.4 Å². The number of amides is 3. The molecule has 0 unspecified atom stereocenters. The Labute approximate surface area is 313 Å². The molecule has 3 aromatic rings. The van der Waals surface area contributed by atoms with Crippen LogP contribution in [0.4, 0.5) is 21.6 Å². The second-order valence-electron chi connectivity index (χ2n) is 12.9. The minimum absolute atomic E-state index is 0.0185. The Morgan fingerprint density at radius 2 is 1.70 bits per heavy atom. The summed E-state index contributed by atoms with van der Waals surface area (Å²) in [5.41, 5.74) is 6.67. The third kappa shape index (κ3) is 12.1. The van der Waals surface area contributed by atoms with Crippen LogP contribution in [0.25, 0.3) is 10.9 Å². The van der Waals surface area contributed by atoms with E-state index in [0.29, 0.717) is 72.7 Å². The van der Waals surface area contributed by atoms with E-state index >= 15 is 0 Å². The maximum Gasteiger partial charge on any atom is 0.247 e. The van der Waals surface area contributed by atoms with E-state index < -0.39 is 11.7 Å². The number of hydrogen-bond donors (Lipinski definition) is 3. The average molecular weight is 755 g/mol. The predicted octanol–water partition coefficient (Wildman–Crippen LogP) is 3.97. The van der Waals surface area contributed by atoms with E-state index in [1.807, 2.05) is 4.90 Å². The number of ether oxygens (including phenoxy) is 3. The minimum Gasteiger partial charge on any atom is -0.491 e. The van der Waals surface area contributed by atoms with Crippen molar-refractivity contribution >= 4 is 57.4 Å². The quantitative estimate of drug-likeness (QED) is 0.120. The number of carbonyl (C=O) groups excluding carboxylic acids is 3. The number of likely N-dealkylation sites (tertiary alicyclic amines) is 1. The number of benzene rings is 2. The molecule has 0 radical (unpaired) electrons. The molecule has 286 valence electrons. The van der Waals surface area contributed by atoms with Gasteiger partial charge in [0.15, 0.2) is 0 Å². The van der Waals surface area contributed by atoms with Crippen LogP contribution in [0.2, 0.25) is 5.02 Å². The molecule has 2 saturated heterocycles. The van der Waals surface area contributed by atoms with Crippen molar-refractivity contribution in [2.45, 2.75) is 38.1 Å². The van der Waals surface area contributed by atoms with Gasteiger partial charge in [-0.25, -0.2) is 14.4 Å². The summed E-state index contributed by atoms with van der Waals surface area (Å²) in [6.45, 7) is 11.4. The number of hydrogen-bond acceptors (Lipinski definition) is 11. The molecule has 2 fully saturated rings. The summed E-state index contributed by atoms with van der Waals surface area (Å²) in [4.78, 5) is 51.3. The van der Waals surface area contributed by atoms with Crippen LogP contribution >= 0.6 is 11.6 Å². The standard InChI is InChI=1S/C37H48ClFN8O6/c1-2-35(49)44-32-23-28-31(41-25-42-37(28)43-26-4-5-30(39)29(38)22-26)24-33(32)53-17-3-10-45-11-6-27(7-12-45)46-13-15-47(16-14-46)36(50)9-19-52-21-20-51-18-8-34(40)48/h2,4-5,22-25,27H,1,3,6-21H2,(H2,40,48)(H,44,49)(H,41,42,43). The minimum atomic E-state index is -0.523. The van der Waals surface area contributed by atoms with Crippen LogP contribution in [0.1, 0.15) is 32.1 Å². The molecule has 2 aromatic carbocycles. The van der Waals surface area contributed by atoms with Gasteiger partial charge in [0, 0.05) is 62.3 Å². The van der Waals surface area contributed by atoms with Crippen molar-refractivity contribution in [3.8, 4) is 5.75 Å². The number of aromatic nitrogens is 2. The van der Waals surface area contributed by atoms with Gasteiger partial charge in [0.05, 0.1) is 55.7 Å². The van der Waals surface area contributed by atoms with E-state index in [1.165, 1.54) is 24.5 Å². The lowest BCUT2D eigenvalue weighted by Crippen LogP contribution is -2.54. The predicted molar refractivity (Wildman–Crippen MR) is 201 cm³/mol. The Bertz CT molecular complexity index is 1720. The number of rotatable bonds is 19. The van der Waals surface area contributed by atoms with Crippen molar-refractivity contribution in [1.29, 1.82) is 0 Å². The molecule has 14 nitrogen and oxygen atoms in total. The molecule has 0 spiro atoms. The van der Waals surface area contributed by atoms with Gasteiger partial charge in [-0.2, -0.15) is 0 Å². The summed E-state index contributed by atoms with van der Waals surface area (Å²) in [6.07, 6.45) is 6.09. The largest absolute Gasteiger partial charge is 0.491 e. The van der Waals surface area contributed by atoms with Crippen molar-refractivity contribution in [3.63, 3.8) is 0 Å². The number of nitrogens with one attached hydrogen (secondary N) is 2. The van der Waals surface area contributed by atoms with Gasteiger partial charge in [-0.1, -0.05) is 18.2 Å². The number of anilines is 3. The van der Waals surface area contributed by atoms with Crippen LogP contribution in [-0.2, 0) is 23.9 Å². The molecule has 0 bridgehead atoms. The first-order chi connectivity index (χ1) is 25.7. The number of primary amides is 1. The van der Waals surface area contributed by atoms with Gasteiger partial charge in [-0.3, -0.25) is 19.3 Å². The molecule has 0 saturated carbocycles. The third-order valence-electron chi connectivity index (χ3n) is 9.30. The Morgan fingerprint density at radius 1 is 0.962 bits per heavy atom. The Kier molecular flexibility index (Phi) is 15.1. The van der Waals surface area contributed by atoms with Crippen LogP contribution in [-0.4, -0.2) is 127 Å². The molecular formula is C37H48ClFN8O6. The molecule has 16 heteroatoms. The highest BCUT2D eigenvalue weighted by atomic mass is 35.5. The Hall–Kier alpha value is -4.41. The molecule has 4 N–H and O–H groups in total. The van der Waals surface area contributed by atoms with Gasteiger partial charge in [-0.15, -0.1) is 0 Å². The van der Waals surface area contributed by atoms with Crippen LogP contribution < -0.4 is 21.1 Å². The third-order valence-corrected chi connectivity index (χ3v) is 9.59. The monoisotopic (exact) mass is 754 g/mol. The zero-order valence-electron chi connectivity index (χ0n) is 29.9. The summed E-state index contributed by atoms with van der Waals surface area (Å²) >= 11 is 5.96. The van der Waals surface area contributed by atoms with E-state index in [0.717, 1.165) is 65.1 Å². The fourth-order valence-corrected chi connectivity index (χ4v) is 6.60. The first-order valence-corrected chi connectivity index (χ1v) is 18.3. The second-order valence-corrected chi connectivity index (χ2v) is 13.3. The first-order valence-electron chi connectivity index (χ1n) is 17.9. The molecule has 2 aliphatic rings. The average Bonchev–Trinajstić information content (AvgIpc) is 3.16. The van der Waals surface area contributed by atoms with E-state index in [2.05, 4.69) is 37.0 Å². The van der Waals surface area contributed by atoms with Gasteiger partial charge in [0.2, 0.25) is 17.7 Å². The highest BCUT2D eigenvalue weighted by Gasteiger charge is 2.28. The SMILES string of the molecule is C=CC(=O)Nc1cc2c(Nc3ccc(F)c(Cl)c3)ncnc2cc1OCCCN1CCC(N2CCN(C(=O)CCOCCOCCC(N)=O)CC2)CC1. The highest BCUT2D eigenvalue weighted by Crippen LogP contribution is 2.34. The normalized spacial score (nSPS) is 15.7. The second kappa shape index (κ2) is 20.2. The molecule has 1 aromatic heterocycles. The maximum absolute atomic E-state index is 13.7. The van der Waals surface area contributed by atoms with Crippen LogP contribution in [0.15, 0.2) is 49.3 Å². The lowest BCUT2D eigenvalue weighted by molar-refractivity contribution is -0.134. The first kappa shape index (κ1) is 39.8. The number of nitrogens with zero attached hydrogens (tertiary/aromatic N) is 5. The summed E-state index contributed by atoms with van der Waals surface area (Å²) in [7, 11) is 0. The van der Waals surface area contributed by atoms with Crippen LogP contribution in [0, 0.1) is 5.82 Å². The van der Waals surface area contributed by atoms with Gasteiger partial charge in [0.25, 0.3) is 0 Å². The van der Waals surface area contributed by atoms with E-state index in [4.69, 9.17) is 31.5 Å². The summed E-state index contributed by atoms with van der Waals surface area (Å²) < 4.78 is 30.7. The summed E-state index contributed by atoms with van der Waals surface area (Å²) in [5, 5.41) is 6.58. The van der Waals surface area contributed by atoms with Gasteiger partial charge in [0.1, 0.15) is 23.7 Å². The molecule has 3 amide bonds. The highest BCUT2D eigenvalue weighted by molar-refractivity contribution is 6.31. The fraction of sp³-hybridized carbons (Fsp3) is 0.486. The van der Waals surface area contributed by atoms with Crippen molar-refractivity contribution in [2.75, 3.05) is 89.5 Å². The lowest BCUT2D eigenvalue weighted by atomic mass is 10.0. The maximum atomic E-state index is 13.7. The molecule has 2 aliphatic heterocycles. The zero-order valence-corrected chi connectivity index (χ0v) is 30.6. The van der Waals surface area contributed by atoms with E-state index in [9.17, 15) is 18.8 Å². The van der Waals surface area contributed by atoms with Crippen molar-refractivity contribution < 1.29 is 33.0 Å². The Morgan fingerprint density at radius 3 is 2.40 bits per heavy atom. The lowest BCUT2D eigenvalue weighted by Gasteiger charge is -2.42. The molecular weight excluding hydrogens is 707 g/mol. The molecule has 3 heterocycles. The smallest absolute Gasteiger partial charge is 0.247 e. The van der Waals surface area contributed by atoms with Crippen molar-refractivity contribution in [2.24, 2.45) is 5.73 Å². The molecule has 0 aliphatic carbocycles. The van der Waals surface area contributed by atoms with Gasteiger partial charge >= 0.3 is 0 Å². The molecule has 5 rings (SSSR count). The zero-order chi connectivity index (χ0) is 37.6. The summed E-state index contributed by atoms with van der Waals surface area (Å²) in [5.74, 6) is -0.257.